The number of hydrogen-bond acceptors (Lipinski definition) is 5. The number of fused-ring (bicyclic) bond motifs is 1. The summed E-state index contributed by atoms with van der Waals surface area (Å²) in [5.74, 6) is -0.667. The third kappa shape index (κ3) is 3.71. The van der Waals surface area contributed by atoms with Crippen LogP contribution in [0.3, 0.4) is 0 Å². The van der Waals surface area contributed by atoms with Crippen molar-refractivity contribution in [3.8, 4) is 0 Å². The van der Waals surface area contributed by atoms with Gasteiger partial charge >= 0.3 is 6.09 Å². The molecule has 0 spiro atoms. The van der Waals surface area contributed by atoms with Crippen molar-refractivity contribution in [3.63, 3.8) is 0 Å². The van der Waals surface area contributed by atoms with Crippen LogP contribution in [0.1, 0.15) is 56.7 Å². The number of ether oxygens (including phenoxy) is 1. The molecule has 1 unspecified atom stereocenters. The van der Waals surface area contributed by atoms with Crippen LogP contribution in [0.5, 0.6) is 0 Å². The molecular formula is C21H26N4O4. The van der Waals surface area contributed by atoms with E-state index in [4.69, 9.17) is 4.74 Å². The van der Waals surface area contributed by atoms with Crippen LogP contribution in [-0.2, 0) is 21.4 Å². The standard InChI is InChI=1S/C21H26N4O4/c1-21(2,3)29-20(28)25-10-13(11-25)12-5-6-14-16(9-12)24(4)23-18(14)15-7-8-17(26)22-19(15)27/h5-6,9,13,15H,7-8,10-11H2,1-4H3,(H,22,26,27). The average Bonchev–Trinajstić information content (AvgIpc) is 2.88. The van der Waals surface area contributed by atoms with Gasteiger partial charge in [-0.25, -0.2) is 4.79 Å². The lowest BCUT2D eigenvalue weighted by atomic mass is 9.89. The molecule has 0 radical (unpaired) electrons. The van der Waals surface area contributed by atoms with Crippen LogP contribution in [0.15, 0.2) is 18.2 Å². The minimum absolute atomic E-state index is 0.228. The highest BCUT2D eigenvalue weighted by molar-refractivity contribution is 6.02. The predicted molar refractivity (Wildman–Crippen MR) is 106 cm³/mol. The first-order chi connectivity index (χ1) is 13.6. The number of piperidine rings is 1. The summed E-state index contributed by atoms with van der Waals surface area (Å²) in [7, 11) is 1.86. The van der Waals surface area contributed by atoms with Crippen molar-refractivity contribution in [2.75, 3.05) is 13.1 Å². The Labute approximate surface area is 169 Å². The first-order valence-electron chi connectivity index (χ1n) is 9.90. The van der Waals surface area contributed by atoms with Crippen molar-refractivity contribution < 1.29 is 19.1 Å². The minimum Gasteiger partial charge on any atom is -0.444 e. The summed E-state index contributed by atoms with van der Waals surface area (Å²) in [6.45, 7) is 6.83. The van der Waals surface area contributed by atoms with E-state index in [1.807, 2.05) is 40.0 Å². The van der Waals surface area contributed by atoms with Crippen LogP contribution in [0.4, 0.5) is 4.79 Å². The Hall–Kier alpha value is -2.90. The molecule has 2 aliphatic heterocycles. The maximum Gasteiger partial charge on any atom is 0.410 e. The molecule has 2 aliphatic rings. The monoisotopic (exact) mass is 398 g/mol. The molecule has 0 aliphatic carbocycles. The Morgan fingerprint density at radius 2 is 1.97 bits per heavy atom. The topological polar surface area (TPSA) is 93.5 Å². The molecular weight excluding hydrogens is 372 g/mol. The van der Waals surface area contributed by atoms with Crippen molar-refractivity contribution in [1.82, 2.24) is 20.0 Å². The SMILES string of the molecule is Cn1nc(C2CCC(=O)NC2=O)c2ccc(C3CN(C(=O)OC(C)(C)C)C3)cc21. The maximum absolute atomic E-state index is 12.3. The Morgan fingerprint density at radius 3 is 2.62 bits per heavy atom. The van der Waals surface area contributed by atoms with Crippen LogP contribution in [-0.4, -0.2) is 51.3 Å². The molecule has 3 amide bonds. The van der Waals surface area contributed by atoms with Crippen molar-refractivity contribution in [2.45, 2.75) is 51.0 Å². The number of benzene rings is 1. The number of aromatic nitrogens is 2. The van der Waals surface area contributed by atoms with Gasteiger partial charge < -0.3 is 9.64 Å². The summed E-state index contributed by atoms with van der Waals surface area (Å²) in [6, 6.07) is 6.11. The van der Waals surface area contributed by atoms with E-state index in [2.05, 4.69) is 16.5 Å². The van der Waals surface area contributed by atoms with Gasteiger partial charge in [-0.3, -0.25) is 19.6 Å². The molecule has 154 valence electrons. The first-order valence-corrected chi connectivity index (χ1v) is 9.90. The molecule has 2 fully saturated rings. The Morgan fingerprint density at radius 1 is 1.24 bits per heavy atom. The Balaban J connectivity index is 1.51. The molecule has 4 rings (SSSR count). The van der Waals surface area contributed by atoms with E-state index in [1.54, 1.807) is 9.58 Å². The van der Waals surface area contributed by atoms with Crippen molar-refractivity contribution >= 4 is 28.8 Å². The summed E-state index contributed by atoms with van der Waals surface area (Å²) in [5, 5.41) is 7.91. The zero-order chi connectivity index (χ0) is 20.9. The third-order valence-corrected chi connectivity index (χ3v) is 5.48. The fourth-order valence-electron chi connectivity index (χ4n) is 3.93. The lowest BCUT2D eigenvalue weighted by molar-refractivity contribution is -0.134. The van der Waals surface area contributed by atoms with Gasteiger partial charge in [0.15, 0.2) is 0 Å². The second-order valence-electron chi connectivity index (χ2n) is 8.87. The molecule has 1 N–H and O–H groups in total. The van der Waals surface area contributed by atoms with Crippen LogP contribution in [0.25, 0.3) is 10.9 Å². The van der Waals surface area contributed by atoms with E-state index >= 15 is 0 Å². The van der Waals surface area contributed by atoms with Gasteiger partial charge in [0.2, 0.25) is 11.8 Å². The fraction of sp³-hybridized carbons (Fsp3) is 0.524. The largest absolute Gasteiger partial charge is 0.444 e. The molecule has 8 nitrogen and oxygen atoms in total. The number of nitrogens with zero attached hydrogens (tertiary/aromatic N) is 3. The highest BCUT2D eigenvalue weighted by atomic mass is 16.6. The molecule has 2 aromatic rings. The first kappa shape index (κ1) is 19.4. The summed E-state index contributed by atoms with van der Waals surface area (Å²) >= 11 is 0. The Bertz CT molecular complexity index is 998. The molecule has 1 aromatic heterocycles. The predicted octanol–water partition coefficient (Wildman–Crippen LogP) is 2.43. The normalized spacial score (nSPS) is 20.6. The minimum atomic E-state index is -0.498. The van der Waals surface area contributed by atoms with Gasteiger partial charge in [0.25, 0.3) is 0 Å². The van der Waals surface area contributed by atoms with E-state index in [0.717, 1.165) is 16.5 Å². The smallest absolute Gasteiger partial charge is 0.410 e. The molecule has 2 saturated heterocycles. The van der Waals surface area contributed by atoms with Gasteiger partial charge in [0.1, 0.15) is 5.60 Å². The van der Waals surface area contributed by atoms with Gasteiger partial charge in [0, 0.05) is 37.9 Å². The highest BCUT2D eigenvalue weighted by Crippen LogP contribution is 2.34. The fourth-order valence-corrected chi connectivity index (χ4v) is 3.93. The van der Waals surface area contributed by atoms with Crippen molar-refractivity contribution in [2.24, 2.45) is 7.05 Å². The molecule has 0 bridgehead atoms. The van der Waals surface area contributed by atoms with E-state index in [9.17, 15) is 14.4 Å². The summed E-state index contributed by atoms with van der Waals surface area (Å²) in [5.41, 5.74) is 2.29. The zero-order valence-electron chi connectivity index (χ0n) is 17.2. The Kier molecular flexibility index (Phi) is 4.59. The molecule has 0 saturated carbocycles. The highest BCUT2D eigenvalue weighted by Gasteiger charge is 2.35. The van der Waals surface area contributed by atoms with Crippen LogP contribution in [0, 0.1) is 0 Å². The van der Waals surface area contributed by atoms with Gasteiger partial charge in [-0.15, -0.1) is 0 Å². The van der Waals surface area contributed by atoms with Gasteiger partial charge in [-0.1, -0.05) is 12.1 Å². The van der Waals surface area contributed by atoms with Crippen molar-refractivity contribution in [1.29, 1.82) is 0 Å². The number of likely N-dealkylation sites (tertiary alicyclic amines) is 1. The molecule has 1 aromatic carbocycles. The number of hydrogen-bond donors (Lipinski definition) is 1. The molecule has 3 heterocycles. The van der Waals surface area contributed by atoms with E-state index in [-0.39, 0.29) is 23.8 Å². The van der Waals surface area contributed by atoms with Crippen LogP contribution in [0.2, 0.25) is 0 Å². The summed E-state index contributed by atoms with van der Waals surface area (Å²) in [4.78, 5) is 37.5. The van der Waals surface area contributed by atoms with Gasteiger partial charge in [0.05, 0.1) is 17.1 Å². The lowest BCUT2D eigenvalue weighted by Gasteiger charge is -2.40. The number of nitrogens with one attached hydrogen (secondary N) is 1. The zero-order valence-corrected chi connectivity index (χ0v) is 17.2. The molecule has 1 atom stereocenters. The molecule has 8 heteroatoms. The van der Waals surface area contributed by atoms with Crippen molar-refractivity contribution in [3.05, 3.63) is 29.5 Å². The maximum atomic E-state index is 12.3. The number of rotatable bonds is 2. The van der Waals surface area contributed by atoms with E-state index in [0.29, 0.717) is 31.6 Å². The number of carbonyl (C=O) groups is 3. The van der Waals surface area contributed by atoms with E-state index in [1.165, 1.54) is 0 Å². The van der Waals surface area contributed by atoms with Gasteiger partial charge in [-0.05, 0) is 38.8 Å². The quantitative estimate of drug-likeness (QED) is 0.784. The van der Waals surface area contributed by atoms with Gasteiger partial charge in [-0.2, -0.15) is 5.10 Å². The number of aryl methyl sites for hydroxylation is 1. The third-order valence-electron chi connectivity index (χ3n) is 5.48. The van der Waals surface area contributed by atoms with E-state index < -0.39 is 11.5 Å². The average molecular weight is 398 g/mol. The van der Waals surface area contributed by atoms with Crippen LogP contribution < -0.4 is 5.32 Å². The summed E-state index contributed by atoms with van der Waals surface area (Å²) in [6.07, 6.45) is 0.525. The second-order valence-corrected chi connectivity index (χ2v) is 8.87. The molecule has 29 heavy (non-hydrogen) atoms. The lowest BCUT2D eigenvalue weighted by Crippen LogP contribution is -2.50. The summed E-state index contributed by atoms with van der Waals surface area (Å²) < 4.78 is 7.19. The number of amides is 3. The van der Waals surface area contributed by atoms with Crippen LogP contribution >= 0.6 is 0 Å². The number of imide groups is 1. The number of carbonyl (C=O) groups excluding carboxylic acids is 3. The second kappa shape index (κ2) is 6.86.